The van der Waals surface area contributed by atoms with Crippen LogP contribution in [0, 0.1) is 11.8 Å². The molecule has 1 saturated carbocycles. The molecule has 158 valence electrons. The number of benzene rings is 1. The van der Waals surface area contributed by atoms with Crippen LogP contribution in [-0.4, -0.2) is 73.2 Å². The molecule has 0 spiro atoms. The van der Waals surface area contributed by atoms with Crippen LogP contribution in [0.3, 0.4) is 0 Å². The third-order valence-corrected chi connectivity index (χ3v) is 7.31. The Morgan fingerprint density at radius 2 is 1.66 bits per heavy atom. The van der Waals surface area contributed by atoms with Crippen LogP contribution in [0.2, 0.25) is 0 Å². The summed E-state index contributed by atoms with van der Waals surface area (Å²) >= 11 is 0. The molecule has 1 aromatic carbocycles. The number of hydrogen-bond acceptors (Lipinski definition) is 5. The molecule has 1 aliphatic carbocycles. The van der Waals surface area contributed by atoms with Gasteiger partial charge in [0.1, 0.15) is 0 Å². The first kappa shape index (κ1) is 19.2. The molecule has 5 rings (SSSR count). The van der Waals surface area contributed by atoms with Gasteiger partial charge in [0.05, 0.1) is 6.54 Å². The maximum Gasteiger partial charge on any atom is 0.236 e. The summed E-state index contributed by atoms with van der Waals surface area (Å²) in [5, 5.41) is 0. The molecule has 6 heteroatoms. The highest BCUT2D eigenvalue weighted by Gasteiger charge is 2.33. The lowest BCUT2D eigenvalue weighted by Crippen LogP contribution is -2.52. The second kappa shape index (κ2) is 8.52. The lowest BCUT2D eigenvalue weighted by atomic mass is 9.75. The zero-order chi connectivity index (χ0) is 19.6. The number of rotatable bonds is 4. The van der Waals surface area contributed by atoms with E-state index in [-0.39, 0.29) is 0 Å². The smallest absolute Gasteiger partial charge is 0.236 e. The van der Waals surface area contributed by atoms with Crippen LogP contribution in [0.1, 0.15) is 37.7 Å². The van der Waals surface area contributed by atoms with E-state index in [9.17, 15) is 4.79 Å². The van der Waals surface area contributed by atoms with Crippen LogP contribution in [0.4, 0.5) is 0 Å². The fourth-order valence-corrected chi connectivity index (χ4v) is 5.52. The van der Waals surface area contributed by atoms with Crippen LogP contribution < -0.4 is 9.47 Å². The van der Waals surface area contributed by atoms with Crippen LogP contribution in [0.15, 0.2) is 18.2 Å². The van der Waals surface area contributed by atoms with Gasteiger partial charge in [-0.25, -0.2) is 0 Å². The Morgan fingerprint density at radius 1 is 0.897 bits per heavy atom. The lowest BCUT2D eigenvalue weighted by molar-refractivity contribution is -0.136. The maximum absolute atomic E-state index is 12.9. The summed E-state index contributed by atoms with van der Waals surface area (Å²) in [5.41, 5.74) is 1.26. The first-order valence-corrected chi connectivity index (χ1v) is 11.4. The van der Waals surface area contributed by atoms with Crippen molar-refractivity contribution in [2.45, 2.75) is 38.6 Å². The van der Waals surface area contributed by atoms with Crippen LogP contribution in [0.5, 0.6) is 11.5 Å². The molecule has 0 radical (unpaired) electrons. The van der Waals surface area contributed by atoms with Crippen LogP contribution in [0.25, 0.3) is 0 Å². The van der Waals surface area contributed by atoms with E-state index in [1.807, 2.05) is 6.07 Å². The van der Waals surface area contributed by atoms with Crippen molar-refractivity contribution in [3.63, 3.8) is 0 Å². The minimum atomic E-state index is 0.323. The second-order valence-electron chi connectivity index (χ2n) is 9.17. The van der Waals surface area contributed by atoms with Gasteiger partial charge in [-0.05, 0) is 42.4 Å². The molecule has 2 unspecified atom stereocenters. The number of ether oxygens (including phenoxy) is 2. The van der Waals surface area contributed by atoms with E-state index >= 15 is 0 Å². The fraction of sp³-hybridized carbons (Fsp3) is 0.696. The molecule has 3 aliphatic heterocycles. The van der Waals surface area contributed by atoms with Crippen molar-refractivity contribution in [3.05, 3.63) is 23.8 Å². The Labute approximate surface area is 173 Å². The zero-order valence-corrected chi connectivity index (χ0v) is 17.4. The number of carbonyl (C=O) groups excluding carboxylic acids is 1. The summed E-state index contributed by atoms with van der Waals surface area (Å²) in [6.45, 7) is 7.77. The van der Waals surface area contributed by atoms with E-state index in [4.69, 9.17) is 9.47 Å². The summed E-state index contributed by atoms with van der Waals surface area (Å²) < 4.78 is 10.9. The summed E-state index contributed by atoms with van der Waals surface area (Å²) in [5.74, 6) is 3.69. The monoisotopic (exact) mass is 399 g/mol. The largest absolute Gasteiger partial charge is 0.454 e. The van der Waals surface area contributed by atoms with Crippen molar-refractivity contribution < 1.29 is 14.3 Å². The van der Waals surface area contributed by atoms with Gasteiger partial charge >= 0.3 is 0 Å². The van der Waals surface area contributed by atoms with Gasteiger partial charge in [0.15, 0.2) is 11.5 Å². The van der Waals surface area contributed by atoms with Crippen LogP contribution >= 0.6 is 0 Å². The molecule has 2 atom stereocenters. The average Bonchev–Trinajstić information content (AvgIpc) is 3.23. The van der Waals surface area contributed by atoms with Gasteiger partial charge in [-0.15, -0.1) is 0 Å². The Bertz CT molecular complexity index is 732. The summed E-state index contributed by atoms with van der Waals surface area (Å²) in [7, 11) is 0. The highest BCUT2D eigenvalue weighted by Crippen LogP contribution is 2.36. The topological polar surface area (TPSA) is 45.3 Å². The summed E-state index contributed by atoms with van der Waals surface area (Å²) in [6, 6.07) is 6.22. The van der Waals surface area contributed by atoms with Crippen molar-refractivity contribution in [2.75, 3.05) is 52.6 Å². The Kier molecular flexibility index (Phi) is 5.64. The Balaban J connectivity index is 1.07. The SMILES string of the molecule is O=C(CN1CCN(Cc2ccc3c(c2)OCO3)CC1)N1CCC2CCCCC2C1. The van der Waals surface area contributed by atoms with Gasteiger partial charge in [-0.1, -0.05) is 25.3 Å². The molecule has 2 saturated heterocycles. The van der Waals surface area contributed by atoms with E-state index in [0.29, 0.717) is 19.2 Å². The van der Waals surface area contributed by atoms with E-state index in [1.165, 1.54) is 37.7 Å². The van der Waals surface area contributed by atoms with Gasteiger partial charge in [0, 0.05) is 45.8 Å². The number of hydrogen-bond donors (Lipinski definition) is 0. The number of fused-ring (bicyclic) bond motifs is 2. The predicted octanol–water partition coefficient (Wildman–Crippen LogP) is 2.57. The highest BCUT2D eigenvalue weighted by atomic mass is 16.7. The molecular formula is C23H33N3O3. The van der Waals surface area contributed by atoms with E-state index in [0.717, 1.165) is 69.1 Å². The summed E-state index contributed by atoms with van der Waals surface area (Å²) in [4.78, 5) is 19.8. The molecule has 0 N–H and O–H groups in total. The number of likely N-dealkylation sites (tertiary alicyclic amines) is 1. The van der Waals surface area contributed by atoms with Gasteiger partial charge in [-0.3, -0.25) is 14.6 Å². The fourth-order valence-electron chi connectivity index (χ4n) is 5.52. The third-order valence-electron chi connectivity index (χ3n) is 7.31. The summed E-state index contributed by atoms with van der Waals surface area (Å²) in [6.07, 6.45) is 6.69. The van der Waals surface area contributed by atoms with Crippen molar-refractivity contribution in [1.29, 1.82) is 0 Å². The van der Waals surface area contributed by atoms with Gasteiger partial charge in [-0.2, -0.15) is 0 Å². The van der Waals surface area contributed by atoms with Crippen molar-refractivity contribution in [2.24, 2.45) is 11.8 Å². The number of amides is 1. The standard InChI is InChI=1S/C23H33N3O3/c27-23(26-8-7-19-3-1-2-4-20(19)15-26)16-25-11-9-24(10-12-25)14-18-5-6-21-22(13-18)29-17-28-21/h5-6,13,19-20H,1-4,7-12,14-17H2. The number of carbonyl (C=O) groups is 1. The van der Waals surface area contributed by atoms with Gasteiger partial charge < -0.3 is 14.4 Å². The van der Waals surface area contributed by atoms with Crippen molar-refractivity contribution in [3.8, 4) is 11.5 Å². The van der Waals surface area contributed by atoms with Crippen LogP contribution in [-0.2, 0) is 11.3 Å². The minimum Gasteiger partial charge on any atom is -0.454 e. The van der Waals surface area contributed by atoms with E-state index < -0.39 is 0 Å². The van der Waals surface area contributed by atoms with Crippen molar-refractivity contribution in [1.82, 2.24) is 14.7 Å². The normalized spacial score (nSPS) is 27.7. The number of nitrogens with zero attached hydrogens (tertiary/aromatic N) is 3. The number of piperidine rings is 1. The van der Waals surface area contributed by atoms with Gasteiger partial charge in [0.2, 0.25) is 12.7 Å². The molecule has 0 aromatic heterocycles. The molecule has 1 amide bonds. The molecule has 4 aliphatic rings. The minimum absolute atomic E-state index is 0.323. The molecule has 0 bridgehead atoms. The van der Waals surface area contributed by atoms with E-state index in [1.54, 1.807) is 0 Å². The number of piperazine rings is 1. The molecule has 1 aromatic rings. The third kappa shape index (κ3) is 4.38. The Hall–Kier alpha value is -1.79. The Morgan fingerprint density at radius 3 is 2.52 bits per heavy atom. The van der Waals surface area contributed by atoms with Crippen molar-refractivity contribution >= 4 is 5.91 Å². The highest BCUT2D eigenvalue weighted by molar-refractivity contribution is 5.78. The van der Waals surface area contributed by atoms with Gasteiger partial charge in [0.25, 0.3) is 0 Å². The molecule has 3 fully saturated rings. The molecular weight excluding hydrogens is 366 g/mol. The first-order chi connectivity index (χ1) is 14.2. The predicted molar refractivity (Wildman–Crippen MR) is 111 cm³/mol. The average molecular weight is 400 g/mol. The maximum atomic E-state index is 12.9. The lowest BCUT2D eigenvalue weighted by Gasteiger charge is -2.42. The second-order valence-corrected chi connectivity index (χ2v) is 9.17. The zero-order valence-electron chi connectivity index (χ0n) is 17.4. The quantitative estimate of drug-likeness (QED) is 0.779. The molecule has 3 heterocycles. The first-order valence-electron chi connectivity index (χ1n) is 11.4. The molecule has 29 heavy (non-hydrogen) atoms. The van der Waals surface area contributed by atoms with E-state index in [2.05, 4.69) is 26.8 Å². The molecule has 6 nitrogen and oxygen atoms in total.